The van der Waals surface area contributed by atoms with E-state index < -0.39 is 22.7 Å². The minimum atomic E-state index is -1.22. The quantitative estimate of drug-likeness (QED) is 0.901. The topological polar surface area (TPSA) is 72.2 Å². The maximum absolute atomic E-state index is 12.0. The molecule has 1 aromatic heterocycles. The average molecular weight is 280 g/mol. The number of carboxylic acids is 1. The van der Waals surface area contributed by atoms with Gasteiger partial charge in [-0.25, -0.2) is 0 Å². The molecule has 2 rings (SSSR count). The molecular formula is C13H16N2O3S. The van der Waals surface area contributed by atoms with Crippen LogP contribution in [0.5, 0.6) is 0 Å². The van der Waals surface area contributed by atoms with Gasteiger partial charge < -0.3 is 5.11 Å². The fraction of sp³-hybridized carbons (Fsp3) is 0.385. The molecule has 1 N–H and O–H groups in total. The van der Waals surface area contributed by atoms with Crippen LogP contribution in [0.4, 0.5) is 0 Å². The van der Waals surface area contributed by atoms with Gasteiger partial charge in [-0.3, -0.25) is 13.7 Å². The number of para-hydroxylation sites is 1. The minimum absolute atomic E-state index is 0.153. The van der Waals surface area contributed by atoms with Crippen molar-refractivity contribution in [1.29, 1.82) is 0 Å². The van der Waals surface area contributed by atoms with E-state index in [2.05, 4.69) is 5.10 Å². The van der Waals surface area contributed by atoms with Crippen molar-refractivity contribution in [1.82, 2.24) is 9.78 Å². The first-order valence-corrected chi connectivity index (χ1v) is 7.46. The molecule has 0 aliphatic carbocycles. The van der Waals surface area contributed by atoms with Crippen LogP contribution < -0.4 is 0 Å². The summed E-state index contributed by atoms with van der Waals surface area (Å²) in [6, 6.07) is 7.73. The number of fused-ring (bicyclic) bond motifs is 1. The zero-order valence-corrected chi connectivity index (χ0v) is 11.7. The lowest BCUT2D eigenvalue weighted by atomic mass is 10.2. The SMILES string of the molecule is CC(CS(=O)Cc1nn(C)c2ccccc12)C(=O)O. The van der Waals surface area contributed by atoms with Gasteiger partial charge >= 0.3 is 5.97 Å². The number of nitrogens with zero attached hydrogens (tertiary/aromatic N) is 2. The number of aliphatic carboxylic acids is 1. The molecule has 0 amide bonds. The Morgan fingerprint density at radius 1 is 1.47 bits per heavy atom. The smallest absolute Gasteiger partial charge is 0.307 e. The molecule has 1 heterocycles. The molecule has 0 saturated carbocycles. The summed E-state index contributed by atoms with van der Waals surface area (Å²) >= 11 is 0. The molecule has 2 aromatic rings. The first kappa shape index (κ1) is 13.7. The Bertz CT molecular complexity index is 636. The van der Waals surface area contributed by atoms with Gasteiger partial charge in [-0.05, 0) is 6.07 Å². The summed E-state index contributed by atoms with van der Waals surface area (Å²) in [4.78, 5) is 10.7. The predicted molar refractivity (Wildman–Crippen MR) is 74.2 cm³/mol. The summed E-state index contributed by atoms with van der Waals surface area (Å²) in [5.41, 5.74) is 1.75. The van der Waals surface area contributed by atoms with Crippen molar-refractivity contribution in [3.05, 3.63) is 30.0 Å². The summed E-state index contributed by atoms with van der Waals surface area (Å²) in [5, 5.41) is 14.2. The van der Waals surface area contributed by atoms with E-state index in [1.807, 2.05) is 31.3 Å². The van der Waals surface area contributed by atoms with E-state index in [-0.39, 0.29) is 5.75 Å². The Hall–Kier alpha value is -1.69. The summed E-state index contributed by atoms with van der Waals surface area (Å²) < 4.78 is 13.7. The molecule has 19 heavy (non-hydrogen) atoms. The van der Waals surface area contributed by atoms with Gasteiger partial charge in [0.1, 0.15) is 0 Å². The van der Waals surface area contributed by atoms with Gasteiger partial charge in [-0.15, -0.1) is 0 Å². The highest BCUT2D eigenvalue weighted by atomic mass is 32.2. The van der Waals surface area contributed by atoms with Crippen LogP contribution >= 0.6 is 0 Å². The van der Waals surface area contributed by atoms with Gasteiger partial charge in [-0.1, -0.05) is 25.1 Å². The Kier molecular flexibility index (Phi) is 3.99. The Morgan fingerprint density at radius 2 is 2.16 bits per heavy atom. The second-order valence-corrected chi connectivity index (χ2v) is 6.08. The van der Waals surface area contributed by atoms with Crippen LogP contribution in [0.15, 0.2) is 24.3 Å². The predicted octanol–water partition coefficient (Wildman–Crippen LogP) is 1.54. The molecule has 2 atom stereocenters. The molecule has 0 saturated heterocycles. The number of benzene rings is 1. The van der Waals surface area contributed by atoms with Crippen molar-refractivity contribution in [3.63, 3.8) is 0 Å². The third-order valence-corrected chi connectivity index (χ3v) is 4.46. The van der Waals surface area contributed by atoms with Crippen molar-refractivity contribution in [3.8, 4) is 0 Å². The summed E-state index contributed by atoms with van der Waals surface area (Å²) in [6.45, 7) is 1.57. The molecule has 102 valence electrons. The molecule has 0 fully saturated rings. The van der Waals surface area contributed by atoms with Crippen molar-refractivity contribution in [2.45, 2.75) is 12.7 Å². The highest BCUT2D eigenvalue weighted by Gasteiger charge is 2.17. The van der Waals surface area contributed by atoms with Gasteiger partial charge in [-0.2, -0.15) is 5.10 Å². The fourth-order valence-electron chi connectivity index (χ4n) is 1.96. The number of carbonyl (C=O) groups is 1. The standard InChI is InChI=1S/C13H16N2O3S/c1-9(13(16)17)7-19(18)8-11-10-5-3-4-6-12(10)15(2)14-11/h3-6,9H,7-8H2,1-2H3,(H,16,17). The zero-order chi connectivity index (χ0) is 14.0. The van der Waals surface area contributed by atoms with Gasteiger partial charge in [0.2, 0.25) is 0 Å². The lowest BCUT2D eigenvalue weighted by Crippen LogP contribution is -2.18. The van der Waals surface area contributed by atoms with Crippen molar-refractivity contribution in [2.24, 2.45) is 13.0 Å². The largest absolute Gasteiger partial charge is 0.481 e. The first-order chi connectivity index (χ1) is 8.99. The molecule has 2 unspecified atom stereocenters. The van der Waals surface area contributed by atoms with E-state index in [4.69, 9.17) is 5.11 Å². The number of hydrogen-bond donors (Lipinski definition) is 1. The number of aromatic nitrogens is 2. The highest BCUT2D eigenvalue weighted by molar-refractivity contribution is 7.84. The van der Waals surface area contributed by atoms with Gasteiger partial charge in [0, 0.05) is 29.0 Å². The van der Waals surface area contributed by atoms with Gasteiger partial charge in [0.25, 0.3) is 0 Å². The lowest BCUT2D eigenvalue weighted by Gasteiger charge is -2.04. The van der Waals surface area contributed by atoms with Crippen LogP contribution in [-0.4, -0.2) is 30.8 Å². The van der Waals surface area contributed by atoms with E-state index in [9.17, 15) is 9.00 Å². The number of rotatable bonds is 5. The summed E-state index contributed by atoms with van der Waals surface area (Å²) in [7, 11) is 0.621. The molecule has 6 heteroatoms. The van der Waals surface area contributed by atoms with Gasteiger partial charge in [0.15, 0.2) is 0 Å². The molecule has 5 nitrogen and oxygen atoms in total. The number of hydrogen-bond acceptors (Lipinski definition) is 3. The van der Waals surface area contributed by atoms with E-state index in [1.54, 1.807) is 11.6 Å². The van der Waals surface area contributed by atoms with Crippen LogP contribution in [0.2, 0.25) is 0 Å². The lowest BCUT2D eigenvalue weighted by molar-refractivity contribution is -0.140. The molecule has 0 spiro atoms. The van der Waals surface area contributed by atoms with Crippen LogP contribution in [0.25, 0.3) is 10.9 Å². The molecule has 0 aliphatic heterocycles. The normalized spacial score (nSPS) is 14.4. The van der Waals surface area contributed by atoms with Crippen LogP contribution in [0.1, 0.15) is 12.6 Å². The van der Waals surface area contributed by atoms with E-state index >= 15 is 0 Å². The van der Waals surface area contributed by atoms with Crippen LogP contribution in [0, 0.1) is 5.92 Å². The molecule has 1 aromatic carbocycles. The maximum Gasteiger partial charge on any atom is 0.307 e. The van der Waals surface area contributed by atoms with Crippen molar-refractivity contribution < 1.29 is 14.1 Å². The maximum atomic E-state index is 12.0. The van der Waals surface area contributed by atoms with E-state index in [0.717, 1.165) is 16.6 Å². The Labute approximate surface area is 113 Å². The third-order valence-electron chi connectivity index (χ3n) is 2.99. The number of carboxylic acid groups (broad SMARTS) is 1. The third kappa shape index (κ3) is 3.01. The van der Waals surface area contributed by atoms with E-state index in [1.165, 1.54) is 0 Å². The van der Waals surface area contributed by atoms with Crippen molar-refractivity contribution >= 4 is 27.7 Å². The second kappa shape index (κ2) is 5.52. The van der Waals surface area contributed by atoms with Crippen molar-refractivity contribution in [2.75, 3.05) is 5.75 Å². The molecule has 0 bridgehead atoms. The van der Waals surface area contributed by atoms with Gasteiger partial charge in [0.05, 0.1) is 22.9 Å². The highest BCUT2D eigenvalue weighted by Crippen LogP contribution is 2.19. The fourth-order valence-corrected chi connectivity index (χ4v) is 3.29. The monoisotopic (exact) mass is 280 g/mol. The zero-order valence-electron chi connectivity index (χ0n) is 10.9. The molecule has 0 radical (unpaired) electrons. The average Bonchev–Trinajstić information content (AvgIpc) is 2.67. The minimum Gasteiger partial charge on any atom is -0.481 e. The molecule has 0 aliphatic rings. The Balaban J connectivity index is 2.18. The Morgan fingerprint density at radius 3 is 2.84 bits per heavy atom. The number of aryl methyl sites for hydroxylation is 1. The summed E-state index contributed by atoms with van der Waals surface area (Å²) in [5.74, 6) is -1.07. The first-order valence-electron chi connectivity index (χ1n) is 5.97. The van der Waals surface area contributed by atoms with E-state index in [0.29, 0.717) is 5.75 Å². The summed E-state index contributed by atoms with van der Waals surface area (Å²) in [6.07, 6.45) is 0. The molecular weight excluding hydrogens is 264 g/mol. The van der Waals surface area contributed by atoms with Crippen LogP contribution in [-0.2, 0) is 28.4 Å². The second-order valence-electron chi connectivity index (χ2n) is 4.58. The van der Waals surface area contributed by atoms with Crippen LogP contribution in [0.3, 0.4) is 0 Å².